The van der Waals surface area contributed by atoms with Gasteiger partial charge in [0.25, 0.3) is 0 Å². The van der Waals surface area contributed by atoms with Gasteiger partial charge in [0.15, 0.2) is 0 Å². The zero-order valence-corrected chi connectivity index (χ0v) is 14.0. The molecular formula is C16H14ClFN2O3S. The molecule has 1 fully saturated rings. The van der Waals surface area contributed by atoms with Crippen molar-refractivity contribution < 1.29 is 17.6 Å². The third kappa shape index (κ3) is 3.43. The Morgan fingerprint density at radius 3 is 2.33 bits per heavy atom. The maximum Gasteiger partial charge on any atom is 0.245 e. The van der Waals surface area contributed by atoms with Gasteiger partial charge in [0, 0.05) is 17.3 Å². The zero-order valence-electron chi connectivity index (χ0n) is 12.4. The fraction of sp³-hybridized carbons (Fsp3) is 0.188. The van der Waals surface area contributed by atoms with Crippen molar-refractivity contribution in [3.63, 3.8) is 0 Å². The van der Waals surface area contributed by atoms with E-state index in [1.54, 1.807) is 0 Å². The molecule has 0 unspecified atom stereocenters. The number of hydrogen-bond donors (Lipinski definition) is 1. The quantitative estimate of drug-likeness (QED) is 0.902. The van der Waals surface area contributed by atoms with Crippen molar-refractivity contribution in [2.45, 2.75) is 17.4 Å². The van der Waals surface area contributed by atoms with Crippen molar-refractivity contribution in [1.29, 1.82) is 0 Å². The SMILES string of the molecule is O=C1[C@@H](NS(=O)(=O)c2ccc(Cl)cc2)CCN1c1ccc(F)cc1. The Morgan fingerprint density at radius 2 is 1.71 bits per heavy atom. The topological polar surface area (TPSA) is 66.5 Å². The molecule has 0 saturated carbocycles. The maximum absolute atomic E-state index is 13.0. The van der Waals surface area contributed by atoms with Gasteiger partial charge in [0.1, 0.15) is 11.9 Å². The Kier molecular flexibility index (Phi) is 4.58. The monoisotopic (exact) mass is 368 g/mol. The Morgan fingerprint density at radius 1 is 1.08 bits per heavy atom. The molecule has 0 spiro atoms. The van der Waals surface area contributed by atoms with Gasteiger partial charge in [0.2, 0.25) is 15.9 Å². The van der Waals surface area contributed by atoms with Crippen molar-refractivity contribution in [2.24, 2.45) is 0 Å². The number of nitrogens with zero attached hydrogens (tertiary/aromatic N) is 1. The summed E-state index contributed by atoms with van der Waals surface area (Å²) in [5.41, 5.74) is 0.537. The van der Waals surface area contributed by atoms with E-state index < -0.39 is 21.9 Å². The van der Waals surface area contributed by atoms with Crippen LogP contribution in [0.4, 0.5) is 10.1 Å². The molecule has 1 N–H and O–H groups in total. The van der Waals surface area contributed by atoms with Crippen molar-refractivity contribution in [2.75, 3.05) is 11.4 Å². The number of nitrogens with one attached hydrogen (secondary N) is 1. The molecule has 0 radical (unpaired) electrons. The van der Waals surface area contributed by atoms with Crippen LogP contribution in [0.5, 0.6) is 0 Å². The highest BCUT2D eigenvalue weighted by Crippen LogP contribution is 2.23. The highest BCUT2D eigenvalue weighted by atomic mass is 35.5. The van der Waals surface area contributed by atoms with Gasteiger partial charge in [0.05, 0.1) is 4.90 Å². The van der Waals surface area contributed by atoms with Gasteiger partial charge in [-0.1, -0.05) is 11.6 Å². The molecule has 0 aromatic heterocycles. The van der Waals surface area contributed by atoms with Crippen LogP contribution in [-0.2, 0) is 14.8 Å². The fourth-order valence-corrected chi connectivity index (χ4v) is 3.89. The van der Waals surface area contributed by atoms with Crippen LogP contribution in [0.2, 0.25) is 5.02 Å². The zero-order chi connectivity index (χ0) is 17.3. The van der Waals surface area contributed by atoms with Gasteiger partial charge in [-0.2, -0.15) is 4.72 Å². The van der Waals surface area contributed by atoms with Crippen LogP contribution in [0, 0.1) is 5.82 Å². The van der Waals surface area contributed by atoms with Gasteiger partial charge < -0.3 is 4.90 Å². The van der Waals surface area contributed by atoms with E-state index in [-0.39, 0.29) is 10.8 Å². The van der Waals surface area contributed by atoms with Crippen LogP contribution < -0.4 is 9.62 Å². The Hall–Kier alpha value is -1.96. The molecule has 0 bridgehead atoms. The minimum atomic E-state index is -3.82. The smallest absolute Gasteiger partial charge is 0.245 e. The highest BCUT2D eigenvalue weighted by molar-refractivity contribution is 7.89. The molecule has 3 rings (SSSR count). The number of halogens is 2. The molecule has 2 aromatic rings. The van der Waals surface area contributed by atoms with E-state index in [0.29, 0.717) is 23.7 Å². The second-order valence-corrected chi connectivity index (χ2v) is 7.53. The summed E-state index contributed by atoms with van der Waals surface area (Å²) in [6.45, 7) is 0.359. The average Bonchev–Trinajstić information content (AvgIpc) is 2.89. The summed E-state index contributed by atoms with van der Waals surface area (Å²) < 4.78 is 40.1. The van der Waals surface area contributed by atoms with Gasteiger partial charge in [-0.3, -0.25) is 4.79 Å². The fourth-order valence-electron chi connectivity index (χ4n) is 2.54. The van der Waals surface area contributed by atoms with Crippen molar-refractivity contribution in [3.05, 3.63) is 59.4 Å². The number of hydrogen-bond acceptors (Lipinski definition) is 3. The lowest BCUT2D eigenvalue weighted by atomic mass is 10.3. The van der Waals surface area contributed by atoms with E-state index >= 15 is 0 Å². The lowest BCUT2D eigenvalue weighted by Crippen LogP contribution is -2.41. The molecule has 1 saturated heterocycles. The summed E-state index contributed by atoms with van der Waals surface area (Å²) in [5.74, 6) is -0.760. The average molecular weight is 369 g/mol. The van der Waals surface area contributed by atoms with Gasteiger partial charge in [-0.05, 0) is 55.0 Å². The Labute approximate surface area is 144 Å². The second kappa shape index (κ2) is 6.51. The molecule has 0 aliphatic carbocycles. The molecule has 24 heavy (non-hydrogen) atoms. The lowest BCUT2D eigenvalue weighted by molar-refractivity contribution is -0.118. The lowest BCUT2D eigenvalue weighted by Gasteiger charge is -2.17. The van der Waals surface area contributed by atoms with Crippen LogP contribution in [0.3, 0.4) is 0 Å². The molecule has 5 nitrogen and oxygen atoms in total. The number of sulfonamides is 1. The van der Waals surface area contributed by atoms with Crippen molar-refractivity contribution >= 4 is 33.2 Å². The predicted molar refractivity (Wildman–Crippen MR) is 88.9 cm³/mol. The third-order valence-corrected chi connectivity index (χ3v) is 5.50. The number of carbonyl (C=O) groups is 1. The van der Waals surface area contributed by atoms with Crippen LogP contribution in [-0.4, -0.2) is 26.9 Å². The van der Waals surface area contributed by atoms with E-state index in [2.05, 4.69) is 4.72 Å². The first kappa shape index (κ1) is 16.9. The molecule has 1 heterocycles. The largest absolute Gasteiger partial charge is 0.311 e. The summed E-state index contributed by atoms with van der Waals surface area (Å²) in [4.78, 5) is 13.9. The molecule has 1 atom stereocenters. The van der Waals surface area contributed by atoms with E-state index in [1.807, 2.05) is 0 Å². The Balaban J connectivity index is 1.76. The summed E-state index contributed by atoms with van der Waals surface area (Å²) in [7, 11) is -3.82. The normalized spacial score (nSPS) is 18.2. The standard InChI is InChI=1S/C16H14ClFN2O3S/c17-11-1-7-14(8-2-11)24(22,23)19-15-9-10-20(16(15)21)13-5-3-12(18)4-6-13/h1-8,15,19H,9-10H2/t15-/m0/s1. The minimum Gasteiger partial charge on any atom is -0.311 e. The second-order valence-electron chi connectivity index (χ2n) is 5.38. The van der Waals surface area contributed by atoms with Crippen LogP contribution in [0.1, 0.15) is 6.42 Å². The first-order valence-electron chi connectivity index (χ1n) is 7.22. The van der Waals surface area contributed by atoms with E-state index in [9.17, 15) is 17.6 Å². The molecule has 1 amide bonds. The van der Waals surface area contributed by atoms with Crippen LogP contribution in [0.15, 0.2) is 53.4 Å². The van der Waals surface area contributed by atoms with Crippen LogP contribution >= 0.6 is 11.6 Å². The molecular weight excluding hydrogens is 355 g/mol. The van der Waals surface area contributed by atoms with Gasteiger partial charge in [-0.15, -0.1) is 0 Å². The number of benzene rings is 2. The molecule has 2 aromatic carbocycles. The van der Waals surface area contributed by atoms with E-state index in [0.717, 1.165) is 0 Å². The highest BCUT2D eigenvalue weighted by Gasteiger charge is 2.35. The summed E-state index contributed by atoms with van der Waals surface area (Å²) in [6.07, 6.45) is 0.336. The summed E-state index contributed by atoms with van der Waals surface area (Å²) in [5, 5.41) is 0.424. The van der Waals surface area contributed by atoms with E-state index in [4.69, 9.17) is 11.6 Å². The molecule has 8 heteroatoms. The minimum absolute atomic E-state index is 0.0416. The maximum atomic E-state index is 13.0. The molecule has 126 valence electrons. The first-order chi connectivity index (χ1) is 11.4. The summed E-state index contributed by atoms with van der Waals surface area (Å²) in [6, 6.07) is 10.3. The number of amides is 1. The number of carbonyl (C=O) groups excluding carboxylic acids is 1. The summed E-state index contributed by atoms with van der Waals surface area (Å²) >= 11 is 5.75. The third-order valence-electron chi connectivity index (χ3n) is 3.77. The number of rotatable bonds is 4. The van der Waals surface area contributed by atoms with Crippen LogP contribution in [0.25, 0.3) is 0 Å². The predicted octanol–water partition coefficient (Wildman–Crippen LogP) is 2.56. The van der Waals surface area contributed by atoms with Crippen molar-refractivity contribution in [1.82, 2.24) is 4.72 Å². The van der Waals surface area contributed by atoms with Gasteiger partial charge >= 0.3 is 0 Å². The van der Waals surface area contributed by atoms with Gasteiger partial charge in [-0.25, -0.2) is 12.8 Å². The molecule has 1 aliphatic heterocycles. The number of anilines is 1. The first-order valence-corrected chi connectivity index (χ1v) is 9.08. The Bertz CT molecular complexity index is 854. The van der Waals surface area contributed by atoms with Crippen molar-refractivity contribution in [3.8, 4) is 0 Å². The van der Waals surface area contributed by atoms with E-state index in [1.165, 1.54) is 53.4 Å². The molecule has 1 aliphatic rings.